The van der Waals surface area contributed by atoms with E-state index in [1.54, 1.807) is 29.8 Å². The van der Waals surface area contributed by atoms with Gasteiger partial charge in [0.05, 0.1) is 28.8 Å². The van der Waals surface area contributed by atoms with E-state index in [9.17, 15) is 9.18 Å². The lowest BCUT2D eigenvalue weighted by Crippen LogP contribution is -2.15. The fourth-order valence-electron chi connectivity index (χ4n) is 2.64. The van der Waals surface area contributed by atoms with Crippen LogP contribution in [0.1, 0.15) is 25.3 Å². The van der Waals surface area contributed by atoms with Gasteiger partial charge in [-0.05, 0) is 37.1 Å². The van der Waals surface area contributed by atoms with Crippen molar-refractivity contribution in [1.29, 1.82) is 0 Å². The highest BCUT2D eigenvalue weighted by molar-refractivity contribution is 7.16. The first-order valence-electron chi connectivity index (χ1n) is 8.85. The Morgan fingerprint density at radius 1 is 1.30 bits per heavy atom. The zero-order chi connectivity index (χ0) is 19.1. The quantitative estimate of drug-likeness (QED) is 0.421. The Morgan fingerprint density at radius 2 is 2.19 bits per heavy atom. The van der Waals surface area contributed by atoms with Crippen LogP contribution in [0.25, 0.3) is 10.2 Å². The molecule has 0 bridgehead atoms. The molecule has 0 unspecified atom stereocenters. The summed E-state index contributed by atoms with van der Waals surface area (Å²) in [4.78, 5) is 16.5. The summed E-state index contributed by atoms with van der Waals surface area (Å²) in [5.74, 6) is -0.581. The third-order valence-electron chi connectivity index (χ3n) is 3.95. The summed E-state index contributed by atoms with van der Waals surface area (Å²) in [5, 5.41) is 2.81. The Labute approximate surface area is 161 Å². The molecule has 3 aromatic rings. The summed E-state index contributed by atoms with van der Waals surface area (Å²) in [6.07, 6.45) is 5.69. The molecule has 4 nitrogen and oxygen atoms in total. The van der Waals surface area contributed by atoms with Gasteiger partial charge in [-0.2, -0.15) is 0 Å². The number of fused-ring (bicyclic) bond motifs is 1. The molecule has 1 N–H and O–H groups in total. The molecule has 0 aliphatic heterocycles. The number of aromatic nitrogens is 1. The van der Waals surface area contributed by atoms with Gasteiger partial charge in [-0.15, -0.1) is 11.3 Å². The first kappa shape index (κ1) is 19.0. The summed E-state index contributed by atoms with van der Waals surface area (Å²) in [7, 11) is 0. The van der Waals surface area contributed by atoms with Crippen molar-refractivity contribution in [3.05, 3.63) is 65.4 Å². The predicted molar refractivity (Wildman–Crippen MR) is 108 cm³/mol. The first-order chi connectivity index (χ1) is 13.2. The van der Waals surface area contributed by atoms with Crippen LogP contribution in [0.5, 0.6) is 5.75 Å². The molecular formula is C21H21FN2O2S. The molecule has 0 aliphatic rings. The van der Waals surface area contributed by atoms with Crippen LogP contribution in [-0.2, 0) is 11.2 Å². The van der Waals surface area contributed by atoms with Gasteiger partial charge in [0.1, 0.15) is 0 Å². The highest BCUT2D eigenvalue weighted by Gasteiger charge is 2.13. The maximum Gasteiger partial charge on any atom is 0.228 e. The van der Waals surface area contributed by atoms with Crippen molar-refractivity contribution in [1.82, 2.24) is 4.98 Å². The van der Waals surface area contributed by atoms with E-state index in [0.717, 1.165) is 23.1 Å². The van der Waals surface area contributed by atoms with Crippen LogP contribution in [0.3, 0.4) is 0 Å². The number of carbonyl (C=O) groups excluding carboxylic acids is 1. The number of ether oxygens (including phenoxy) is 1. The van der Waals surface area contributed by atoms with Crippen molar-refractivity contribution in [2.24, 2.45) is 0 Å². The molecule has 0 radical (unpaired) electrons. The zero-order valence-electron chi connectivity index (χ0n) is 15.1. The van der Waals surface area contributed by atoms with Gasteiger partial charge in [-0.1, -0.05) is 31.2 Å². The smallest absolute Gasteiger partial charge is 0.228 e. The third-order valence-corrected chi connectivity index (χ3v) is 4.75. The Hall–Kier alpha value is -2.73. The minimum absolute atomic E-state index is 0.0561. The van der Waals surface area contributed by atoms with E-state index in [4.69, 9.17) is 4.74 Å². The van der Waals surface area contributed by atoms with Crippen LogP contribution in [0.2, 0.25) is 0 Å². The molecule has 0 aliphatic carbocycles. The van der Waals surface area contributed by atoms with Crippen molar-refractivity contribution < 1.29 is 13.9 Å². The van der Waals surface area contributed by atoms with Crippen molar-refractivity contribution in [3.63, 3.8) is 0 Å². The number of hydrogen-bond donors (Lipinski definition) is 1. The van der Waals surface area contributed by atoms with Crippen molar-refractivity contribution in [2.75, 3.05) is 11.9 Å². The number of nitrogens with zero attached hydrogens (tertiary/aromatic N) is 1. The van der Waals surface area contributed by atoms with E-state index >= 15 is 0 Å². The topological polar surface area (TPSA) is 51.2 Å². The fourth-order valence-corrected chi connectivity index (χ4v) is 3.35. The molecule has 2 aromatic carbocycles. The number of halogens is 1. The Kier molecular flexibility index (Phi) is 6.54. The maximum atomic E-state index is 14.6. The number of nitrogens with one attached hydrogen (secondary N) is 1. The Morgan fingerprint density at radius 3 is 3.04 bits per heavy atom. The SMILES string of the molecule is CCC=CCCOc1cccc(CC(=O)Nc2ccc3ncsc3c2)c1F. The lowest BCUT2D eigenvalue weighted by atomic mass is 10.1. The van der Waals surface area contributed by atoms with Gasteiger partial charge in [0.25, 0.3) is 0 Å². The Balaban J connectivity index is 1.61. The second-order valence-electron chi connectivity index (χ2n) is 6.01. The number of rotatable bonds is 8. The average Bonchev–Trinajstić information content (AvgIpc) is 3.12. The molecule has 1 aromatic heterocycles. The number of amides is 1. The highest BCUT2D eigenvalue weighted by atomic mass is 32.1. The fraction of sp³-hybridized carbons (Fsp3) is 0.238. The van der Waals surface area contributed by atoms with E-state index in [-0.39, 0.29) is 18.1 Å². The van der Waals surface area contributed by atoms with Crippen molar-refractivity contribution in [3.8, 4) is 5.75 Å². The zero-order valence-corrected chi connectivity index (χ0v) is 15.9. The van der Waals surface area contributed by atoms with Crippen LogP contribution in [0.15, 0.2) is 54.1 Å². The summed E-state index contributed by atoms with van der Waals surface area (Å²) < 4.78 is 21.1. The lowest BCUT2D eigenvalue weighted by Gasteiger charge is -2.10. The van der Waals surface area contributed by atoms with Gasteiger partial charge < -0.3 is 10.1 Å². The number of thiazole rings is 1. The molecule has 140 valence electrons. The second kappa shape index (κ2) is 9.28. The highest BCUT2D eigenvalue weighted by Crippen LogP contribution is 2.23. The van der Waals surface area contributed by atoms with Gasteiger partial charge in [0.2, 0.25) is 5.91 Å². The van der Waals surface area contributed by atoms with Gasteiger partial charge in [0.15, 0.2) is 11.6 Å². The van der Waals surface area contributed by atoms with Crippen LogP contribution >= 0.6 is 11.3 Å². The molecule has 1 heterocycles. The van der Waals surface area contributed by atoms with E-state index < -0.39 is 5.82 Å². The van der Waals surface area contributed by atoms with Crippen LogP contribution in [-0.4, -0.2) is 17.5 Å². The van der Waals surface area contributed by atoms with Crippen LogP contribution in [0, 0.1) is 5.82 Å². The molecule has 0 fully saturated rings. The normalized spacial score (nSPS) is 11.2. The molecule has 0 spiro atoms. The molecule has 6 heteroatoms. The molecule has 0 atom stereocenters. The van der Waals surface area contributed by atoms with Crippen LogP contribution < -0.4 is 10.1 Å². The summed E-state index contributed by atoms with van der Waals surface area (Å²) in [5.41, 5.74) is 3.64. The van der Waals surface area contributed by atoms with E-state index in [1.165, 1.54) is 11.3 Å². The minimum atomic E-state index is -0.481. The summed E-state index contributed by atoms with van der Waals surface area (Å²) >= 11 is 1.51. The van der Waals surface area contributed by atoms with Gasteiger partial charge in [0, 0.05) is 11.3 Å². The first-order valence-corrected chi connectivity index (χ1v) is 9.73. The molecular weight excluding hydrogens is 363 g/mol. The minimum Gasteiger partial charge on any atom is -0.490 e. The number of anilines is 1. The van der Waals surface area contributed by atoms with Crippen LogP contribution in [0.4, 0.5) is 10.1 Å². The number of benzene rings is 2. The van der Waals surface area contributed by atoms with Gasteiger partial charge in [-0.25, -0.2) is 9.37 Å². The standard InChI is InChI=1S/C21H21FN2O2S/c1-2-3-4-5-11-26-18-8-6-7-15(21(18)22)12-20(25)24-16-9-10-17-19(13-16)27-14-23-17/h3-4,6-10,13-14H,2,5,11-12H2,1H3,(H,24,25). The molecule has 0 saturated carbocycles. The number of carbonyl (C=O) groups is 1. The van der Waals surface area contributed by atoms with E-state index in [1.807, 2.05) is 24.3 Å². The summed E-state index contributed by atoms with van der Waals surface area (Å²) in [6, 6.07) is 10.4. The number of allylic oxidation sites excluding steroid dienone is 1. The monoisotopic (exact) mass is 384 g/mol. The molecule has 3 rings (SSSR count). The lowest BCUT2D eigenvalue weighted by molar-refractivity contribution is -0.115. The van der Waals surface area contributed by atoms with Gasteiger partial charge in [-0.3, -0.25) is 4.79 Å². The third kappa shape index (κ3) is 5.14. The number of hydrogen-bond acceptors (Lipinski definition) is 4. The van der Waals surface area contributed by atoms with E-state index in [0.29, 0.717) is 17.9 Å². The maximum absolute atomic E-state index is 14.6. The molecule has 0 saturated heterocycles. The largest absolute Gasteiger partial charge is 0.490 e. The molecule has 27 heavy (non-hydrogen) atoms. The Bertz CT molecular complexity index is 952. The average molecular weight is 384 g/mol. The van der Waals surface area contributed by atoms with Crippen molar-refractivity contribution in [2.45, 2.75) is 26.2 Å². The van der Waals surface area contributed by atoms with Crippen molar-refractivity contribution >= 4 is 33.1 Å². The van der Waals surface area contributed by atoms with Gasteiger partial charge >= 0.3 is 0 Å². The van der Waals surface area contributed by atoms with E-state index in [2.05, 4.69) is 17.2 Å². The molecule has 1 amide bonds. The predicted octanol–water partition coefficient (Wildman–Crippen LogP) is 5.35. The summed E-state index contributed by atoms with van der Waals surface area (Å²) in [6.45, 7) is 2.46. The second-order valence-corrected chi connectivity index (χ2v) is 6.89.